The van der Waals surface area contributed by atoms with Gasteiger partial charge in [0, 0.05) is 12.1 Å². The topological polar surface area (TPSA) is 3.24 Å². The molecule has 0 heterocycles. The maximum atomic E-state index is 3.94. The van der Waals surface area contributed by atoms with Gasteiger partial charge >= 0.3 is 0 Å². The zero-order chi connectivity index (χ0) is 7.56. The van der Waals surface area contributed by atoms with Gasteiger partial charge in [-0.15, -0.1) is 0 Å². The van der Waals surface area contributed by atoms with Crippen molar-refractivity contribution in [3.05, 3.63) is 6.92 Å². The second-order valence-corrected chi connectivity index (χ2v) is 3.42. The minimum Gasteiger partial charge on any atom is -0.298 e. The van der Waals surface area contributed by atoms with E-state index in [1.54, 1.807) is 0 Å². The smallest absolute Gasteiger partial charge is 0.00979 e. The van der Waals surface area contributed by atoms with E-state index in [0.29, 0.717) is 6.04 Å². The van der Waals surface area contributed by atoms with Crippen LogP contribution in [0.5, 0.6) is 0 Å². The summed E-state index contributed by atoms with van der Waals surface area (Å²) in [6, 6.07) is 1.54. The number of nitrogens with zero attached hydrogens (tertiary/aromatic N) is 1. The predicted molar refractivity (Wildman–Crippen MR) is 44.8 cm³/mol. The first-order valence-electron chi connectivity index (χ1n) is 4.30. The van der Waals surface area contributed by atoms with Crippen LogP contribution in [-0.2, 0) is 0 Å². The van der Waals surface area contributed by atoms with Crippen molar-refractivity contribution < 1.29 is 0 Å². The highest BCUT2D eigenvalue weighted by molar-refractivity contribution is 4.82. The summed E-state index contributed by atoms with van der Waals surface area (Å²) in [6.45, 7) is 9.42. The summed E-state index contributed by atoms with van der Waals surface area (Å²) >= 11 is 0. The molecule has 0 spiro atoms. The van der Waals surface area contributed by atoms with Gasteiger partial charge in [0.05, 0.1) is 0 Å². The molecule has 0 unspecified atom stereocenters. The summed E-state index contributed by atoms with van der Waals surface area (Å²) in [4.78, 5) is 2.49. The molecule has 0 aliphatic heterocycles. The van der Waals surface area contributed by atoms with Crippen LogP contribution in [0.4, 0.5) is 0 Å². The van der Waals surface area contributed by atoms with Crippen molar-refractivity contribution in [3.63, 3.8) is 0 Å². The predicted octanol–water partition coefficient (Wildman–Crippen LogP) is 2.08. The van der Waals surface area contributed by atoms with Crippen LogP contribution in [0.25, 0.3) is 0 Å². The van der Waals surface area contributed by atoms with Crippen LogP contribution < -0.4 is 0 Å². The Morgan fingerprint density at radius 2 is 2.10 bits per heavy atom. The fourth-order valence-corrected chi connectivity index (χ4v) is 1.58. The van der Waals surface area contributed by atoms with Crippen molar-refractivity contribution in [2.24, 2.45) is 0 Å². The molecule has 1 heteroatoms. The Labute approximate surface area is 64.4 Å². The summed E-state index contributed by atoms with van der Waals surface area (Å²) in [6.07, 6.45) is 4.22. The Balaban J connectivity index is 2.31. The van der Waals surface area contributed by atoms with Gasteiger partial charge in [0.2, 0.25) is 0 Å². The van der Waals surface area contributed by atoms with E-state index in [2.05, 4.69) is 25.7 Å². The van der Waals surface area contributed by atoms with Crippen LogP contribution in [0, 0.1) is 6.92 Å². The van der Waals surface area contributed by atoms with Gasteiger partial charge in [-0.3, -0.25) is 4.90 Å². The van der Waals surface area contributed by atoms with Gasteiger partial charge in [0.1, 0.15) is 0 Å². The Morgan fingerprint density at radius 1 is 1.50 bits per heavy atom. The van der Waals surface area contributed by atoms with Crippen LogP contribution in [0.2, 0.25) is 0 Å². The molecule has 59 valence electrons. The number of rotatable bonds is 3. The fraction of sp³-hybridized carbons (Fsp3) is 0.889. The number of hydrogen-bond acceptors (Lipinski definition) is 1. The molecule has 0 atom stereocenters. The van der Waals surface area contributed by atoms with Crippen molar-refractivity contribution in [3.8, 4) is 0 Å². The largest absolute Gasteiger partial charge is 0.298 e. The highest BCUT2D eigenvalue weighted by Crippen LogP contribution is 2.25. The summed E-state index contributed by atoms with van der Waals surface area (Å²) < 4.78 is 0. The summed E-state index contributed by atoms with van der Waals surface area (Å²) in [5.41, 5.74) is 0. The Hall–Kier alpha value is -0.0400. The van der Waals surface area contributed by atoms with Crippen molar-refractivity contribution in [2.45, 2.75) is 45.2 Å². The SMILES string of the molecule is [CH2]CN(C(C)C)C1CCC1. The van der Waals surface area contributed by atoms with Gasteiger partial charge in [0.15, 0.2) is 0 Å². The van der Waals surface area contributed by atoms with Gasteiger partial charge in [-0.05, 0) is 40.2 Å². The Kier molecular flexibility index (Phi) is 2.72. The van der Waals surface area contributed by atoms with Crippen LogP contribution in [0.1, 0.15) is 33.1 Å². The lowest BCUT2D eigenvalue weighted by molar-refractivity contribution is 0.108. The van der Waals surface area contributed by atoms with Crippen LogP contribution in [-0.4, -0.2) is 23.5 Å². The summed E-state index contributed by atoms with van der Waals surface area (Å²) in [5, 5.41) is 0. The van der Waals surface area contributed by atoms with Crippen molar-refractivity contribution in [2.75, 3.05) is 6.54 Å². The molecular weight excluding hydrogens is 122 g/mol. The lowest BCUT2D eigenvalue weighted by atomic mass is 9.90. The van der Waals surface area contributed by atoms with E-state index in [4.69, 9.17) is 0 Å². The fourth-order valence-electron chi connectivity index (χ4n) is 1.58. The molecule has 1 aliphatic carbocycles. The third-order valence-corrected chi connectivity index (χ3v) is 2.47. The van der Waals surface area contributed by atoms with Gasteiger partial charge in [-0.1, -0.05) is 6.42 Å². The molecule has 0 N–H and O–H groups in total. The maximum absolute atomic E-state index is 3.94. The molecule has 1 radical (unpaired) electrons. The molecule has 1 aliphatic rings. The first kappa shape index (κ1) is 8.06. The zero-order valence-electron chi connectivity index (χ0n) is 7.14. The molecule has 1 rings (SSSR count). The average Bonchev–Trinajstić information content (AvgIpc) is 1.76. The van der Waals surface area contributed by atoms with E-state index >= 15 is 0 Å². The molecule has 0 saturated heterocycles. The third kappa shape index (κ3) is 1.51. The summed E-state index contributed by atoms with van der Waals surface area (Å²) in [7, 11) is 0. The molecule has 0 bridgehead atoms. The lowest BCUT2D eigenvalue weighted by Gasteiger charge is -2.39. The van der Waals surface area contributed by atoms with Gasteiger partial charge in [-0.25, -0.2) is 0 Å². The summed E-state index contributed by atoms with van der Waals surface area (Å²) in [5.74, 6) is 0. The van der Waals surface area contributed by atoms with E-state index in [9.17, 15) is 0 Å². The van der Waals surface area contributed by atoms with E-state index < -0.39 is 0 Å². The second-order valence-electron chi connectivity index (χ2n) is 3.42. The van der Waals surface area contributed by atoms with Crippen LogP contribution in [0.15, 0.2) is 0 Å². The third-order valence-electron chi connectivity index (χ3n) is 2.47. The Bertz CT molecular complexity index is 94.9. The van der Waals surface area contributed by atoms with E-state index in [1.807, 2.05) is 0 Å². The minimum absolute atomic E-state index is 0.683. The van der Waals surface area contributed by atoms with E-state index in [0.717, 1.165) is 12.6 Å². The van der Waals surface area contributed by atoms with Crippen molar-refractivity contribution >= 4 is 0 Å². The highest BCUT2D eigenvalue weighted by atomic mass is 15.2. The molecule has 1 nitrogen and oxygen atoms in total. The standard InChI is InChI=1S/C9H18N/c1-4-10(8(2)3)9-6-5-7-9/h8-9H,1,4-7H2,2-3H3. The van der Waals surface area contributed by atoms with Gasteiger partial charge < -0.3 is 0 Å². The molecule has 1 fully saturated rings. The molecule has 0 amide bonds. The normalized spacial score (nSPS) is 20.1. The van der Waals surface area contributed by atoms with Crippen LogP contribution >= 0.6 is 0 Å². The maximum Gasteiger partial charge on any atom is 0.00979 e. The monoisotopic (exact) mass is 140 g/mol. The first-order chi connectivity index (χ1) is 4.75. The molecule has 0 aromatic rings. The van der Waals surface area contributed by atoms with Crippen molar-refractivity contribution in [1.29, 1.82) is 0 Å². The minimum atomic E-state index is 0.683. The van der Waals surface area contributed by atoms with E-state index in [1.165, 1.54) is 19.3 Å². The second kappa shape index (κ2) is 3.38. The van der Waals surface area contributed by atoms with Crippen molar-refractivity contribution in [1.82, 2.24) is 4.90 Å². The molecular formula is C9H18N. The van der Waals surface area contributed by atoms with Gasteiger partial charge in [0.25, 0.3) is 0 Å². The molecule has 0 aromatic heterocycles. The van der Waals surface area contributed by atoms with Crippen LogP contribution in [0.3, 0.4) is 0 Å². The number of hydrogen-bond donors (Lipinski definition) is 0. The Morgan fingerprint density at radius 3 is 2.20 bits per heavy atom. The molecule has 10 heavy (non-hydrogen) atoms. The quantitative estimate of drug-likeness (QED) is 0.580. The lowest BCUT2D eigenvalue weighted by Crippen LogP contribution is -2.44. The highest BCUT2D eigenvalue weighted by Gasteiger charge is 2.24. The van der Waals surface area contributed by atoms with Gasteiger partial charge in [-0.2, -0.15) is 0 Å². The molecule has 1 saturated carbocycles. The first-order valence-corrected chi connectivity index (χ1v) is 4.30. The zero-order valence-corrected chi connectivity index (χ0v) is 7.14. The average molecular weight is 140 g/mol. The van der Waals surface area contributed by atoms with E-state index in [-0.39, 0.29) is 0 Å². The molecule has 0 aromatic carbocycles.